The smallest absolute Gasteiger partial charge is 0.223 e. The molecule has 1 heterocycles. The van der Waals surface area contributed by atoms with Gasteiger partial charge in [-0.2, -0.15) is 0 Å². The van der Waals surface area contributed by atoms with Gasteiger partial charge in [0.05, 0.1) is 0 Å². The summed E-state index contributed by atoms with van der Waals surface area (Å²) in [6.45, 7) is 6.92. The van der Waals surface area contributed by atoms with Crippen LogP contribution in [0.3, 0.4) is 0 Å². The van der Waals surface area contributed by atoms with Gasteiger partial charge in [-0.1, -0.05) is 20.8 Å². The van der Waals surface area contributed by atoms with Crippen LogP contribution >= 0.6 is 0 Å². The SMILES string of the molecule is CC1CC(C2CCC3CC2C3(C)C)NC1=O. The summed E-state index contributed by atoms with van der Waals surface area (Å²) in [4.78, 5) is 11.6. The van der Waals surface area contributed by atoms with Crippen LogP contribution in [-0.4, -0.2) is 11.9 Å². The molecule has 90 valence electrons. The maximum Gasteiger partial charge on any atom is 0.223 e. The minimum absolute atomic E-state index is 0.242. The number of carbonyl (C=O) groups excluding carboxylic acids is 1. The highest BCUT2D eigenvalue weighted by molar-refractivity contribution is 5.80. The zero-order valence-corrected chi connectivity index (χ0v) is 10.6. The van der Waals surface area contributed by atoms with Gasteiger partial charge in [0.1, 0.15) is 0 Å². The summed E-state index contributed by atoms with van der Waals surface area (Å²) in [5.74, 6) is 3.11. The third-order valence-electron chi connectivity index (χ3n) is 5.81. The molecule has 4 aliphatic rings. The quantitative estimate of drug-likeness (QED) is 0.724. The molecule has 5 atom stereocenters. The molecule has 1 N–H and O–H groups in total. The fourth-order valence-corrected chi connectivity index (χ4v) is 4.50. The van der Waals surface area contributed by atoms with Crippen LogP contribution in [0, 0.1) is 29.1 Å². The van der Waals surface area contributed by atoms with Gasteiger partial charge in [-0.25, -0.2) is 0 Å². The molecule has 1 aliphatic heterocycles. The molecular weight excluding hydrogens is 198 g/mol. The molecular formula is C14H23NO. The first kappa shape index (κ1) is 10.6. The summed E-state index contributed by atoms with van der Waals surface area (Å²) < 4.78 is 0. The van der Waals surface area contributed by atoms with E-state index in [1.807, 2.05) is 0 Å². The molecule has 0 aromatic carbocycles. The Labute approximate surface area is 98.2 Å². The Kier molecular flexibility index (Phi) is 2.15. The predicted molar refractivity (Wildman–Crippen MR) is 63.8 cm³/mol. The molecule has 1 saturated heterocycles. The molecule has 3 saturated carbocycles. The lowest BCUT2D eigenvalue weighted by molar-refractivity contribution is -0.125. The monoisotopic (exact) mass is 221 g/mol. The van der Waals surface area contributed by atoms with Gasteiger partial charge in [0.15, 0.2) is 0 Å². The summed E-state index contributed by atoms with van der Waals surface area (Å²) in [5, 5.41) is 3.23. The van der Waals surface area contributed by atoms with E-state index in [9.17, 15) is 4.79 Å². The fraction of sp³-hybridized carbons (Fsp3) is 0.929. The maximum atomic E-state index is 11.6. The molecule has 2 bridgehead atoms. The molecule has 0 aromatic heterocycles. The van der Waals surface area contributed by atoms with E-state index in [0.717, 1.165) is 24.2 Å². The second-order valence-corrected chi connectivity index (χ2v) is 6.85. The standard InChI is InChI=1S/C14H23NO/c1-8-6-12(15-13(8)16)10-5-4-9-7-11(10)14(9,2)3/h8-12H,4-7H2,1-3H3,(H,15,16). The lowest BCUT2D eigenvalue weighted by Gasteiger charge is -2.61. The predicted octanol–water partition coefficient (Wildman–Crippen LogP) is 2.58. The number of rotatable bonds is 1. The van der Waals surface area contributed by atoms with E-state index in [4.69, 9.17) is 0 Å². The lowest BCUT2D eigenvalue weighted by Crippen LogP contribution is -2.56. The second-order valence-electron chi connectivity index (χ2n) is 6.85. The van der Waals surface area contributed by atoms with E-state index < -0.39 is 0 Å². The maximum absolute atomic E-state index is 11.6. The van der Waals surface area contributed by atoms with Gasteiger partial charge in [0.25, 0.3) is 0 Å². The number of hydrogen-bond acceptors (Lipinski definition) is 1. The van der Waals surface area contributed by atoms with Crippen molar-refractivity contribution in [2.75, 3.05) is 0 Å². The summed E-state index contributed by atoms with van der Waals surface area (Å²) >= 11 is 0. The molecule has 16 heavy (non-hydrogen) atoms. The third kappa shape index (κ3) is 1.28. The molecule has 4 rings (SSSR count). The van der Waals surface area contributed by atoms with E-state index >= 15 is 0 Å². The first-order chi connectivity index (χ1) is 7.50. The van der Waals surface area contributed by atoms with Crippen LogP contribution in [0.2, 0.25) is 0 Å². The van der Waals surface area contributed by atoms with Crippen molar-refractivity contribution in [3.63, 3.8) is 0 Å². The first-order valence-corrected chi connectivity index (χ1v) is 6.80. The Morgan fingerprint density at radius 2 is 2.00 bits per heavy atom. The average molecular weight is 221 g/mol. The number of nitrogens with one attached hydrogen (secondary N) is 1. The normalized spacial score (nSPS) is 49.7. The van der Waals surface area contributed by atoms with Gasteiger partial charge >= 0.3 is 0 Å². The van der Waals surface area contributed by atoms with Crippen LogP contribution in [0.25, 0.3) is 0 Å². The Morgan fingerprint density at radius 3 is 2.50 bits per heavy atom. The van der Waals surface area contributed by atoms with Crippen molar-refractivity contribution in [1.82, 2.24) is 5.32 Å². The fourth-order valence-electron chi connectivity index (χ4n) is 4.50. The minimum atomic E-state index is 0.242. The van der Waals surface area contributed by atoms with Gasteiger partial charge in [-0.05, 0) is 48.9 Å². The highest BCUT2D eigenvalue weighted by Gasteiger charge is 2.56. The van der Waals surface area contributed by atoms with E-state index in [1.54, 1.807) is 0 Å². The number of carbonyl (C=O) groups is 1. The molecule has 5 unspecified atom stereocenters. The Balaban J connectivity index is 1.74. The first-order valence-electron chi connectivity index (χ1n) is 6.80. The van der Waals surface area contributed by atoms with E-state index in [2.05, 4.69) is 26.1 Å². The van der Waals surface area contributed by atoms with Gasteiger partial charge < -0.3 is 5.32 Å². The van der Waals surface area contributed by atoms with Crippen molar-refractivity contribution < 1.29 is 4.79 Å². The third-order valence-corrected chi connectivity index (χ3v) is 5.81. The van der Waals surface area contributed by atoms with Crippen LogP contribution in [-0.2, 0) is 4.79 Å². The Bertz CT molecular complexity index is 321. The highest BCUT2D eigenvalue weighted by Crippen LogP contribution is 2.62. The van der Waals surface area contributed by atoms with E-state index in [1.165, 1.54) is 19.3 Å². The summed E-state index contributed by atoms with van der Waals surface area (Å²) in [5.41, 5.74) is 0.541. The van der Waals surface area contributed by atoms with Crippen molar-refractivity contribution in [2.24, 2.45) is 29.1 Å². The molecule has 4 fully saturated rings. The second kappa shape index (κ2) is 3.24. The zero-order chi connectivity index (χ0) is 11.5. The molecule has 3 aliphatic carbocycles. The zero-order valence-electron chi connectivity index (χ0n) is 10.6. The lowest BCUT2D eigenvalue weighted by atomic mass is 9.44. The van der Waals surface area contributed by atoms with Gasteiger partial charge in [-0.3, -0.25) is 4.79 Å². The molecule has 0 spiro atoms. The number of amides is 1. The van der Waals surface area contributed by atoms with E-state index in [0.29, 0.717) is 11.5 Å². The minimum Gasteiger partial charge on any atom is -0.353 e. The molecule has 2 heteroatoms. The molecule has 1 amide bonds. The summed E-state index contributed by atoms with van der Waals surface area (Å²) in [6, 6.07) is 0.480. The topological polar surface area (TPSA) is 29.1 Å². The number of hydrogen-bond donors (Lipinski definition) is 1. The average Bonchev–Trinajstić information content (AvgIpc) is 2.59. The van der Waals surface area contributed by atoms with Crippen LogP contribution in [0.5, 0.6) is 0 Å². The molecule has 2 nitrogen and oxygen atoms in total. The van der Waals surface area contributed by atoms with Crippen molar-refractivity contribution >= 4 is 5.91 Å². The van der Waals surface area contributed by atoms with Crippen molar-refractivity contribution in [3.05, 3.63) is 0 Å². The highest BCUT2D eigenvalue weighted by atomic mass is 16.2. The van der Waals surface area contributed by atoms with Crippen molar-refractivity contribution in [1.29, 1.82) is 0 Å². The van der Waals surface area contributed by atoms with Crippen LogP contribution in [0.15, 0.2) is 0 Å². The van der Waals surface area contributed by atoms with Crippen LogP contribution in [0.1, 0.15) is 46.5 Å². The summed E-state index contributed by atoms with van der Waals surface area (Å²) in [6.07, 6.45) is 5.21. The van der Waals surface area contributed by atoms with Gasteiger partial charge in [0.2, 0.25) is 5.91 Å². The van der Waals surface area contributed by atoms with Crippen molar-refractivity contribution in [3.8, 4) is 0 Å². The largest absolute Gasteiger partial charge is 0.353 e. The van der Waals surface area contributed by atoms with E-state index in [-0.39, 0.29) is 11.8 Å². The van der Waals surface area contributed by atoms with Gasteiger partial charge in [0, 0.05) is 12.0 Å². The Morgan fingerprint density at radius 1 is 1.25 bits per heavy atom. The summed E-state index contributed by atoms with van der Waals surface area (Å²) in [7, 11) is 0. The van der Waals surface area contributed by atoms with Gasteiger partial charge in [-0.15, -0.1) is 0 Å². The molecule has 0 radical (unpaired) electrons. The van der Waals surface area contributed by atoms with Crippen molar-refractivity contribution in [2.45, 2.75) is 52.5 Å². The van der Waals surface area contributed by atoms with Crippen LogP contribution in [0.4, 0.5) is 0 Å². The molecule has 0 aromatic rings. The Hall–Kier alpha value is -0.530. The van der Waals surface area contributed by atoms with Crippen LogP contribution < -0.4 is 5.32 Å². The number of fused-ring (bicyclic) bond motifs is 2.